The number of sulfonamides is 1. The van der Waals surface area contributed by atoms with E-state index in [9.17, 15) is 18.1 Å². The Morgan fingerprint density at radius 3 is 2.69 bits per heavy atom. The molecule has 1 N–H and O–H groups in total. The predicted octanol–water partition coefficient (Wildman–Crippen LogP) is 5.14. The van der Waals surface area contributed by atoms with Gasteiger partial charge in [0, 0.05) is 24.2 Å². The molecule has 0 radical (unpaired) electrons. The molecule has 2 atom stereocenters. The lowest BCUT2D eigenvalue weighted by Gasteiger charge is -2.31. The number of allylic oxidation sites excluding steroid dienone is 3. The monoisotopic (exact) mass is 510 g/mol. The summed E-state index contributed by atoms with van der Waals surface area (Å²) >= 11 is 6.19. The number of rotatable bonds is 6. The molecule has 0 spiro atoms. The quantitative estimate of drug-likeness (QED) is 0.544. The maximum atomic E-state index is 13.4. The second kappa shape index (κ2) is 9.15. The molecule has 180 valence electrons. The SMILES string of the molecule is C[C@H]1C2=CNN(c3ccc(F)cc3)C2=CC2=C1[C@@H](CN(CC#N)S(=O)(=O)c1ccccc1Cl)CC2. The first-order valence-corrected chi connectivity index (χ1v) is 13.2. The molecule has 2 aliphatic carbocycles. The highest BCUT2D eigenvalue weighted by atomic mass is 35.5. The maximum absolute atomic E-state index is 13.4. The van der Waals surface area contributed by atoms with Crippen LogP contribution in [0.25, 0.3) is 0 Å². The van der Waals surface area contributed by atoms with Crippen LogP contribution in [0.2, 0.25) is 5.02 Å². The first-order chi connectivity index (χ1) is 16.8. The van der Waals surface area contributed by atoms with E-state index in [1.807, 2.05) is 17.3 Å². The number of hydrazine groups is 1. The van der Waals surface area contributed by atoms with Gasteiger partial charge in [0.05, 0.1) is 22.5 Å². The van der Waals surface area contributed by atoms with Crippen LogP contribution in [0, 0.1) is 29.0 Å². The fraction of sp³-hybridized carbons (Fsp3) is 0.269. The van der Waals surface area contributed by atoms with E-state index in [1.54, 1.807) is 24.3 Å². The largest absolute Gasteiger partial charge is 0.301 e. The van der Waals surface area contributed by atoms with Crippen molar-refractivity contribution in [3.8, 4) is 6.07 Å². The predicted molar refractivity (Wildman–Crippen MR) is 133 cm³/mol. The molecule has 2 aromatic carbocycles. The van der Waals surface area contributed by atoms with Gasteiger partial charge in [-0.25, -0.2) is 12.8 Å². The Kier molecular flexibility index (Phi) is 6.18. The Hall–Kier alpha value is -3.12. The summed E-state index contributed by atoms with van der Waals surface area (Å²) in [6, 6.07) is 14.6. The van der Waals surface area contributed by atoms with Crippen molar-refractivity contribution in [2.75, 3.05) is 18.1 Å². The Labute approximate surface area is 209 Å². The molecule has 0 amide bonds. The molecule has 5 rings (SSSR count). The zero-order valence-electron chi connectivity index (χ0n) is 19.1. The van der Waals surface area contributed by atoms with E-state index in [4.69, 9.17) is 11.6 Å². The molecule has 9 heteroatoms. The van der Waals surface area contributed by atoms with Gasteiger partial charge in [0.25, 0.3) is 0 Å². The highest BCUT2D eigenvalue weighted by Crippen LogP contribution is 2.48. The number of anilines is 1. The van der Waals surface area contributed by atoms with Gasteiger partial charge in [-0.1, -0.05) is 36.2 Å². The molecule has 3 aliphatic rings. The Morgan fingerprint density at radius 1 is 1.23 bits per heavy atom. The first kappa shape index (κ1) is 23.6. The summed E-state index contributed by atoms with van der Waals surface area (Å²) in [5.74, 6) is -0.226. The summed E-state index contributed by atoms with van der Waals surface area (Å²) in [7, 11) is -3.93. The average Bonchev–Trinajstić information content (AvgIpc) is 3.44. The molecule has 0 fully saturated rings. The molecule has 0 saturated heterocycles. The molecular weight excluding hydrogens is 487 g/mol. The van der Waals surface area contributed by atoms with Crippen molar-refractivity contribution in [1.29, 1.82) is 5.26 Å². The summed E-state index contributed by atoms with van der Waals surface area (Å²) in [5.41, 5.74) is 8.62. The van der Waals surface area contributed by atoms with Gasteiger partial charge >= 0.3 is 0 Å². The number of halogens is 2. The zero-order chi connectivity index (χ0) is 24.7. The van der Waals surface area contributed by atoms with E-state index in [1.165, 1.54) is 39.7 Å². The third kappa shape index (κ3) is 4.14. The molecule has 0 bridgehead atoms. The molecule has 1 aliphatic heterocycles. The van der Waals surface area contributed by atoms with Gasteiger partial charge in [0.15, 0.2) is 0 Å². The van der Waals surface area contributed by atoms with Gasteiger partial charge < -0.3 is 5.43 Å². The van der Waals surface area contributed by atoms with Crippen molar-refractivity contribution in [2.45, 2.75) is 24.7 Å². The standard InChI is InChI=1S/C26H24ClFN4O2S/c1-17-22-15-30-32(21-10-8-20(28)9-11-21)24(22)14-18-6-7-19(26(17)18)16-31(13-12-29)35(33,34)25-5-3-2-4-23(25)27/h2-5,8-11,14-15,17,19,30H,6-7,13,16H2,1H3/t17-,19+/m0/s1. The van der Waals surface area contributed by atoms with Gasteiger partial charge in [-0.05, 0) is 66.8 Å². The van der Waals surface area contributed by atoms with Crippen LogP contribution in [0.5, 0.6) is 0 Å². The van der Waals surface area contributed by atoms with E-state index in [-0.39, 0.29) is 40.7 Å². The molecule has 0 unspecified atom stereocenters. The summed E-state index contributed by atoms with van der Waals surface area (Å²) in [6.07, 6.45) is 5.72. The Morgan fingerprint density at radius 2 is 1.97 bits per heavy atom. The van der Waals surface area contributed by atoms with E-state index in [2.05, 4.69) is 18.4 Å². The number of fused-ring (bicyclic) bond motifs is 1. The maximum Gasteiger partial charge on any atom is 0.245 e. The van der Waals surface area contributed by atoms with Crippen molar-refractivity contribution in [3.63, 3.8) is 0 Å². The first-order valence-electron chi connectivity index (χ1n) is 11.4. The second-order valence-corrected chi connectivity index (χ2v) is 11.2. The molecule has 2 aromatic rings. The van der Waals surface area contributed by atoms with Crippen LogP contribution >= 0.6 is 11.6 Å². The summed E-state index contributed by atoms with van der Waals surface area (Å²) < 4.78 is 41.4. The van der Waals surface area contributed by atoms with E-state index in [0.717, 1.165) is 29.8 Å². The minimum absolute atomic E-state index is 0.0100. The van der Waals surface area contributed by atoms with Crippen LogP contribution in [0.3, 0.4) is 0 Å². The Bertz CT molecular complexity index is 1410. The molecule has 6 nitrogen and oxygen atoms in total. The highest BCUT2D eigenvalue weighted by molar-refractivity contribution is 7.89. The number of nitrogens with zero attached hydrogens (tertiary/aromatic N) is 3. The third-order valence-corrected chi connectivity index (χ3v) is 9.22. The smallest absolute Gasteiger partial charge is 0.245 e. The molecule has 35 heavy (non-hydrogen) atoms. The van der Waals surface area contributed by atoms with E-state index >= 15 is 0 Å². The van der Waals surface area contributed by atoms with Gasteiger partial charge in [-0.2, -0.15) is 9.57 Å². The fourth-order valence-corrected chi connectivity index (χ4v) is 7.15. The molecule has 0 aromatic heterocycles. The van der Waals surface area contributed by atoms with Crippen LogP contribution in [0.1, 0.15) is 19.8 Å². The van der Waals surface area contributed by atoms with Gasteiger partial charge in [0.2, 0.25) is 10.0 Å². The average molecular weight is 511 g/mol. The van der Waals surface area contributed by atoms with Crippen LogP contribution in [-0.4, -0.2) is 25.8 Å². The van der Waals surface area contributed by atoms with Crippen LogP contribution in [0.15, 0.2) is 88.1 Å². The Balaban J connectivity index is 1.45. The lowest BCUT2D eigenvalue weighted by Crippen LogP contribution is -2.37. The van der Waals surface area contributed by atoms with Gasteiger partial charge in [-0.3, -0.25) is 5.01 Å². The normalized spacial score (nSPS) is 21.3. The number of nitriles is 1. The van der Waals surface area contributed by atoms with Crippen molar-refractivity contribution >= 4 is 27.3 Å². The number of benzene rings is 2. The number of hydrogen-bond acceptors (Lipinski definition) is 5. The van der Waals surface area contributed by atoms with Crippen LogP contribution in [-0.2, 0) is 10.0 Å². The van der Waals surface area contributed by atoms with E-state index < -0.39 is 10.0 Å². The lowest BCUT2D eigenvalue weighted by molar-refractivity contribution is 0.380. The minimum Gasteiger partial charge on any atom is -0.301 e. The second-order valence-electron chi connectivity index (χ2n) is 8.89. The topological polar surface area (TPSA) is 76.4 Å². The summed E-state index contributed by atoms with van der Waals surface area (Å²) in [5, 5.41) is 11.5. The lowest BCUT2D eigenvalue weighted by atomic mass is 9.80. The van der Waals surface area contributed by atoms with Gasteiger partial charge in [0.1, 0.15) is 17.3 Å². The van der Waals surface area contributed by atoms with Crippen molar-refractivity contribution in [1.82, 2.24) is 9.73 Å². The highest BCUT2D eigenvalue weighted by Gasteiger charge is 2.40. The molecule has 1 heterocycles. The fourth-order valence-electron chi connectivity index (χ4n) is 5.27. The summed E-state index contributed by atoms with van der Waals surface area (Å²) in [6.45, 7) is 2.10. The molecule has 0 saturated carbocycles. The third-order valence-electron chi connectivity index (χ3n) is 6.91. The van der Waals surface area contributed by atoms with Crippen molar-refractivity contribution in [2.24, 2.45) is 11.8 Å². The minimum atomic E-state index is -3.93. The number of hydrogen-bond donors (Lipinski definition) is 1. The van der Waals surface area contributed by atoms with Crippen LogP contribution < -0.4 is 10.4 Å². The zero-order valence-corrected chi connectivity index (χ0v) is 20.7. The summed E-state index contributed by atoms with van der Waals surface area (Å²) in [4.78, 5) is 0.0145. The molecular formula is C26H24ClFN4O2S. The van der Waals surface area contributed by atoms with Crippen molar-refractivity contribution < 1.29 is 12.8 Å². The van der Waals surface area contributed by atoms with Crippen molar-refractivity contribution in [3.05, 3.63) is 94.1 Å². The van der Waals surface area contributed by atoms with E-state index in [0.29, 0.717) is 0 Å². The van der Waals surface area contributed by atoms with Gasteiger partial charge in [-0.15, -0.1) is 0 Å². The van der Waals surface area contributed by atoms with Crippen LogP contribution in [0.4, 0.5) is 10.1 Å². The number of nitrogens with one attached hydrogen (secondary N) is 1.